The minimum atomic E-state index is -1.69. The molecule has 6 atom stereocenters. The summed E-state index contributed by atoms with van der Waals surface area (Å²) in [5.41, 5.74) is -2.70. The Kier molecular flexibility index (Phi) is 4.63. The van der Waals surface area contributed by atoms with Crippen molar-refractivity contribution in [1.82, 2.24) is 0 Å². The van der Waals surface area contributed by atoms with Gasteiger partial charge in [-0.15, -0.1) is 0 Å². The van der Waals surface area contributed by atoms with Gasteiger partial charge in [0.25, 0.3) is 0 Å². The number of ketones is 2. The predicted octanol–water partition coefficient (Wildman–Crippen LogP) is 2.50. The lowest BCUT2D eigenvalue weighted by Crippen LogP contribution is -2.66. The standard InChI is InChI=1S/C23H32O6/c1-14(24)29-13-19(26)23(28)11-10-22(27)18-5-4-15-12-16(25)6-8-20(15,2)17(18)7-9-21(22,23)3/h12,17-18,27-28H,4-11,13H2,1-3H3/t17-,18+,20-,21+,22+,23-/m1/s1. The molecule has 0 aliphatic heterocycles. The van der Waals surface area contributed by atoms with Gasteiger partial charge in [-0.3, -0.25) is 14.4 Å². The van der Waals surface area contributed by atoms with Crippen LogP contribution in [0.25, 0.3) is 0 Å². The molecule has 0 aromatic rings. The maximum absolute atomic E-state index is 12.9. The number of esters is 1. The molecule has 160 valence electrons. The van der Waals surface area contributed by atoms with Gasteiger partial charge in [0.1, 0.15) is 5.60 Å². The van der Waals surface area contributed by atoms with Crippen LogP contribution in [0.1, 0.15) is 72.1 Å². The summed E-state index contributed by atoms with van der Waals surface area (Å²) in [4.78, 5) is 36.0. The topological polar surface area (TPSA) is 101 Å². The molecule has 4 rings (SSSR count). The first-order valence-corrected chi connectivity index (χ1v) is 10.8. The van der Waals surface area contributed by atoms with Crippen LogP contribution in [0.2, 0.25) is 0 Å². The molecule has 0 aromatic carbocycles. The second-order valence-electron chi connectivity index (χ2n) is 10.2. The number of carbonyl (C=O) groups is 3. The summed E-state index contributed by atoms with van der Waals surface area (Å²) in [7, 11) is 0. The Morgan fingerprint density at radius 2 is 1.79 bits per heavy atom. The van der Waals surface area contributed by atoms with Crippen LogP contribution in [0.5, 0.6) is 0 Å². The summed E-state index contributed by atoms with van der Waals surface area (Å²) in [5.74, 6) is -0.667. The third-order valence-electron chi connectivity index (χ3n) is 9.16. The van der Waals surface area contributed by atoms with Crippen LogP contribution in [-0.4, -0.2) is 45.6 Å². The van der Waals surface area contributed by atoms with E-state index in [1.807, 2.05) is 13.0 Å². The van der Waals surface area contributed by atoms with Crippen LogP contribution < -0.4 is 0 Å². The molecule has 0 saturated heterocycles. The molecule has 0 heterocycles. The Bertz CT molecular complexity index is 801. The van der Waals surface area contributed by atoms with Gasteiger partial charge in [-0.1, -0.05) is 19.4 Å². The van der Waals surface area contributed by atoms with Crippen LogP contribution in [0.15, 0.2) is 11.6 Å². The van der Waals surface area contributed by atoms with Crippen LogP contribution in [0.4, 0.5) is 0 Å². The Balaban J connectivity index is 1.66. The molecular weight excluding hydrogens is 372 g/mol. The van der Waals surface area contributed by atoms with Gasteiger partial charge in [-0.2, -0.15) is 0 Å². The van der Waals surface area contributed by atoms with E-state index in [1.54, 1.807) is 0 Å². The Morgan fingerprint density at radius 1 is 1.07 bits per heavy atom. The number of fused-ring (bicyclic) bond motifs is 5. The lowest BCUT2D eigenvalue weighted by atomic mass is 9.44. The monoisotopic (exact) mass is 404 g/mol. The number of allylic oxidation sites excluding steroid dienone is 1. The van der Waals surface area contributed by atoms with Gasteiger partial charge in [-0.05, 0) is 68.3 Å². The highest BCUT2D eigenvalue weighted by molar-refractivity contribution is 5.92. The average molecular weight is 405 g/mol. The zero-order valence-electron chi connectivity index (χ0n) is 17.6. The molecule has 0 aromatic heterocycles. The fraction of sp³-hybridized carbons (Fsp3) is 0.783. The minimum absolute atomic E-state index is 0.0212. The molecule has 0 radical (unpaired) electrons. The summed E-state index contributed by atoms with van der Waals surface area (Å²) >= 11 is 0. The van der Waals surface area contributed by atoms with Crippen molar-refractivity contribution in [3.8, 4) is 0 Å². The molecule has 4 aliphatic rings. The zero-order chi connectivity index (χ0) is 21.2. The molecule has 29 heavy (non-hydrogen) atoms. The number of hydrogen-bond donors (Lipinski definition) is 2. The first kappa shape index (κ1) is 20.7. The number of aliphatic hydroxyl groups is 2. The average Bonchev–Trinajstić information content (AvgIpc) is 2.89. The lowest BCUT2D eigenvalue weighted by molar-refractivity contribution is -0.218. The van der Waals surface area contributed by atoms with E-state index in [0.717, 1.165) is 25.7 Å². The zero-order valence-corrected chi connectivity index (χ0v) is 17.6. The summed E-state index contributed by atoms with van der Waals surface area (Å²) in [6, 6.07) is 0. The Labute approximate surface area is 171 Å². The molecule has 0 unspecified atom stereocenters. The van der Waals surface area contributed by atoms with Crippen molar-refractivity contribution in [2.45, 2.75) is 83.3 Å². The fourth-order valence-electron chi connectivity index (χ4n) is 7.28. The molecule has 2 N–H and O–H groups in total. The third-order valence-corrected chi connectivity index (χ3v) is 9.16. The van der Waals surface area contributed by atoms with Crippen LogP contribution >= 0.6 is 0 Å². The number of ether oxygens (including phenoxy) is 1. The van der Waals surface area contributed by atoms with Crippen LogP contribution in [0, 0.1) is 22.7 Å². The van der Waals surface area contributed by atoms with Crippen molar-refractivity contribution in [1.29, 1.82) is 0 Å². The van der Waals surface area contributed by atoms with Crippen molar-refractivity contribution in [3.63, 3.8) is 0 Å². The summed E-state index contributed by atoms with van der Waals surface area (Å²) < 4.78 is 4.87. The summed E-state index contributed by atoms with van der Waals surface area (Å²) in [6.45, 7) is 4.83. The van der Waals surface area contributed by atoms with E-state index in [1.165, 1.54) is 12.5 Å². The second-order valence-corrected chi connectivity index (χ2v) is 10.2. The SMILES string of the molecule is CC(=O)OCC(=O)[C@]1(O)CC[C@]2(O)[C@H]3CCC4=CC(=O)CC[C@@]4(C)[C@@H]3CC[C@]12C. The third kappa shape index (κ3) is 2.64. The number of carbonyl (C=O) groups excluding carboxylic acids is 3. The first-order chi connectivity index (χ1) is 13.5. The Hall–Kier alpha value is -1.53. The van der Waals surface area contributed by atoms with Crippen LogP contribution in [0.3, 0.4) is 0 Å². The van der Waals surface area contributed by atoms with Crippen molar-refractivity contribution in [3.05, 3.63) is 11.6 Å². The van der Waals surface area contributed by atoms with E-state index in [9.17, 15) is 24.6 Å². The quantitative estimate of drug-likeness (QED) is 0.701. The van der Waals surface area contributed by atoms with Gasteiger partial charge >= 0.3 is 5.97 Å². The van der Waals surface area contributed by atoms with E-state index in [4.69, 9.17) is 4.74 Å². The largest absolute Gasteiger partial charge is 0.458 e. The van der Waals surface area contributed by atoms with Crippen molar-refractivity contribution < 1.29 is 29.3 Å². The molecule has 6 nitrogen and oxygen atoms in total. The number of Topliss-reactive ketones (excluding diaryl/α,β-unsaturated/α-hetero) is 1. The van der Waals surface area contributed by atoms with Gasteiger partial charge < -0.3 is 14.9 Å². The summed E-state index contributed by atoms with van der Waals surface area (Å²) in [6.07, 6.45) is 6.60. The maximum atomic E-state index is 12.9. The highest BCUT2D eigenvalue weighted by atomic mass is 16.5. The van der Waals surface area contributed by atoms with E-state index in [0.29, 0.717) is 19.3 Å². The first-order valence-electron chi connectivity index (χ1n) is 10.8. The van der Waals surface area contributed by atoms with E-state index in [2.05, 4.69) is 6.92 Å². The van der Waals surface area contributed by atoms with Crippen molar-refractivity contribution >= 4 is 17.5 Å². The second kappa shape index (κ2) is 6.48. The van der Waals surface area contributed by atoms with Gasteiger partial charge in [0.2, 0.25) is 5.78 Å². The van der Waals surface area contributed by atoms with E-state index >= 15 is 0 Å². The minimum Gasteiger partial charge on any atom is -0.458 e. The van der Waals surface area contributed by atoms with Gasteiger partial charge in [0, 0.05) is 18.8 Å². The highest BCUT2D eigenvalue weighted by Crippen LogP contribution is 2.69. The molecule has 0 amide bonds. The molecule has 6 heteroatoms. The van der Waals surface area contributed by atoms with E-state index in [-0.39, 0.29) is 29.5 Å². The maximum Gasteiger partial charge on any atom is 0.303 e. The Morgan fingerprint density at radius 3 is 2.48 bits per heavy atom. The molecule has 4 aliphatic carbocycles. The van der Waals surface area contributed by atoms with E-state index < -0.39 is 35.0 Å². The smallest absolute Gasteiger partial charge is 0.303 e. The van der Waals surface area contributed by atoms with Gasteiger partial charge in [-0.25, -0.2) is 0 Å². The van der Waals surface area contributed by atoms with Gasteiger partial charge in [0.05, 0.1) is 5.60 Å². The summed E-state index contributed by atoms with van der Waals surface area (Å²) in [5, 5.41) is 23.4. The molecule has 3 saturated carbocycles. The lowest BCUT2D eigenvalue weighted by Gasteiger charge is -2.62. The van der Waals surface area contributed by atoms with Crippen molar-refractivity contribution in [2.75, 3.05) is 6.61 Å². The van der Waals surface area contributed by atoms with Crippen molar-refractivity contribution in [2.24, 2.45) is 22.7 Å². The predicted molar refractivity (Wildman–Crippen MR) is 105 cm³/mol. The molecular formula is C23H32O6. The van der Waals surface area contributed by atoms with Gasteiger partial charge in [0.15, 0.2) is 12.4 Å². The van der Waals surface area contributed by atoms with Crippen LogP contribution in [-0.2, 0) is 19.1 Å². The number of rotatable bonds is 3. The molecule has 0 spiro atoms. The fourth-order valence-corrected chi connectivity index (χ4v) is 7.28. The highest BCUT2D eigenvalue weighted by Gasteiger charge is 2.73. The molecule has 3 fully saturated rings. The normalized spacial score (nSPS) is 46.2. The number of hydrogen-bond acceptors (Lipinski definition) is 6. The molecule has 0 bridgehead atoms.